The van der Waals surface area contributed by atoms with Crippen molar-refractivity contribution in [1.29, 1.82) is 0 Å². The Morgan fingerprint density at radius 2 is 1.88 bits per heavy atom. The highest BCUT2D eigenvalue weighted by Gasteiger charge is 2.56. The number of ether oxygens (including phenoxy) is 1. The number of rotatable bonds is 6. The molecule has 0 unspecified atom stereocenters. The highest BCUT2D eigenvalue weighted by Crippen LogP contribution is 2.36. The zero-order chi connectivity index (χ0) is 28.6. The van der Waals surface area contributed by atoms with Gasteiger partial charge in [0, 0.05) is 54.1 Å². The van der Waals surface area contributed by atoms with E-state index in [4.69, 9.17) is 15.3 Å². The van der Waals surface area contributed by atoms with E-state index in [1.165, 1.54) is 4.90 Å². The van der Waals surface area contributed by atoms with Gasteiger partial charge < -0.3 is 24.8 Å². The minimum absolute atomic E-state index is 0.0973. The average Bonchev–Trinajstić information content (AvgIpc) is 3.72. The monoisotopic (exact) mass is 578 g/mol. The molecule has 41 heavy (non-hydrogen) atoms. The van der Waals surface area contributed by atoms with Crippen molar-refractivity contribution >= 4 is 34.1 Å². The number of ketones is 1. The van der Waals surface area contributed by atoms with Crippen molar-refractivity contribution in [2.24, 2.45) is 5.11 Å². The van der Waals surface area contributed by atoms with E-state index in [1.807, 2.05) is 17.5 Å². The lowest BCUT2D eigenvalue weighted by Gasteiger charge is -2.40. The highest BCUT2D eigenvalue weighted by atomic mass is 32.1. The summed E-state index contributed by atoms with van der Waals surface area (Å²) >= 11 is 1.63. The van der Waals surface area contributed by atoms with Crippen LogP contribution in [-0.4, -0.2) is 102 Å². The van der Waals surface area contributed by atoms with Crippen LogP contribution < -0.4 is 10.2 Å². The van der Waals surface area contributed by atoms with Crippen LogP contribution in [0.2, 0.25) is 0 Å². The molecule has 0 bridgehead atoms. The summed E-state index contributed by atoms with van der Waals surface area (Å²) in [6.07, 6.45) is 2.87. The number of azide groups is 1. The third-order valence-corrected chi connectivity index (χ3v) is 9.70. The number of carbonyl (C=O) groups is 3. The Morgan fingerprint density at radius 1 is 1.15 bits per heavy atom. The second kappa shape index (κ2) is 11.4. The van der Waals surface area contributed by atoms with Crippen molar-refractivity contribution in [2.75, 3.05) is 51.3 Å². The number of Topliss-reactive ketones (excluding diaryl/α,β-unsaturated/α-hetero) is 1. The number of aromatic nitrogens is 1. The van der Waals surface area contributed by atoms with Gasteiger partial charge in [0.15, 0.2) is 10.9 Å². The third kappa shape index (κ3) is 5.30. The second-order valence-corrected chi connectivity index (χ2v) is 12.2. The zero-order valence-electron chi connectivity index (χ0n) is 23.1. The summed E-state index contributed by atoms with van der Waals surface area (Å²) in [4.78, 5) is 54.1. The van der Waals surface area contributed by atoms with E-state index >= 15 is 0 Å². The number of benzene rings is 1. The first-order valence-electron chi connectivity index (χ1n) is 14.2. The fraction of sp³-hybridized carbons (Fsp3) is 0.571. The summed E-state index contributed by atoms with van der Waals surface area (Å²) < 4.78 is 5.59. The summed E-state index contributed by atoms with van der Waals surface area (Å²) in [5, 5.41) is 9.90. The lowest BCUT2D eigenvalue weighted by Crippen LogP contribution is -2.62. The number of nitrogens with zero attached hydrogens (tertiary/aromatic N) is 7. The summed E-state index contributed by atoms with van der Waals surface area (Å²) in [5.41, 5.74) is 10.1. The van der Waals surface area contributed by atoms with Gasteiger partial charge in [-0.25, -0.2) is 4.98 Å². The van der Waals surface area contributed by atoms with Gasteiger partial charge in [0.2, 0.25) is 5.91 Å². The Kier molecular flexibility index (Phi) is 7.69. The number of piperazine rings is 1. The van der Waals surface area contributed by atoms with E-state index in [2.05, 4.69) is 32.2 Å². The van der Waals surface area contributed by atoms with Crippen LogP contribution in [0.15, 0.2) is 34.8 Å². The van der Waals surface area contributed by atoms with E-state index in [0.717, 1.165) is 61.8 Å². The van der Waals surface area contributed by atoms with E-state index in [1.54, 1.807) is 23.5 Å². The predicted octanol–water partition coefficient (Wildman–Crippen LogP) is 2.85. The molecule has 1 aliphatic carbocycles. The maximum absolute atomic E-state index is 14.1. The molecule has 12 nitrogen and oxygen atoms in total. The van der Waals surface area contributed by atoms with Crippen LogP contribution in [0.5, 0.6) is 0 Å². The Hall–Kier alpha value is -3.51. The lowest BCUT2D eigenvalue weighted by atomic mass is 9.80. The molecule has 2 amide bonds. The molecule has 4 aliphatic rings. The number of nitrogens with one attached hydrogen (secondary N) is 1. The maximum Gasteiger partial charge on any atom is 0.252 e. The molecule has 216 valence electrons. The van der Waals surface area contributed by atoms with E-state index < -0.39 is 23.7 Å². The smallest absolute Gasteiger partial charge is 0.252 e. The van der Waals surface area contributed by atoms with Crippen LogP contribution in [0.25, 0.3) is 21.7 Å². The topological polar surface area (TPSA) is 144 Å². The molecular formula is C28H34N8O4S. The van der Waals surface area contributed by atoms with Crippen molar-refractivity contribution in [3.63, 3.8) is 0 Å². The SMILES string of the molecule is CN1CCN(c2nc(-c3ccc(C(=O)NC4(C(=O)N5C[C@H](N=[N+]=[N-])[C@@H]6OCC(=O)[C@H]65)CCCCC4)cc3)cs2)CC1. The lowest BCUT2D eigenvalue weighted by molar-refractivity contribution is -0.143. The molecule has 6 rings (SSSR count). The normalized spacial score (nSPS) is 26.0. The van der Waals surface area contributed by atoms with Gasteiger partial charge in [0.1, 0.15) is 18.2 Å². The van der Waals surface area contributed by atoms with Crippen LogP contribution >= 0.6 is 11.3 Å². The van der Waals surface area contributed by atoms with Gasteiger partial charge >= 0.3 is 0 Å². The molecule has 0 spiro atoms. The van der Waals surface area contributed by atoms with Crippen LogP contribution in [-0.2, 0) is 14.3 Å². The fourth-order valence-electron chi connectivity index (χ4n) is 6.45. The van der Waals surface area contributed by atoms with Crippen molar-refractivity contribution in [3.05, 3.63) is 45.7 Å². The van der Waals surface area contributed by atoms with Gasteiger partial charge in [-0.1, -0.05) is 36.5 Å². The van der Waals surface area contributed by atoms with Crippen LogP contribution in [0.3, 0.4) is 0 Å². The number of thiazole rings is 1. The molecule has 2 aromatic rings. The summed E-state index contributed by atoms with van der Waals surface area (Å²) in [5.74, 6) is -0.838. The fourth-order valence-corrected chi connectivity index (χ4v) is 7.34. The Balaban J connectivity index is 1.18. The number of likely N-dealkylation sites (tertiary alicyclic amines) is 1. The van der Waals surface area contributed by atoms with E-state index in [0.29, 0.717) is 18.4 Å². The minimum Gasteiger partial charge on any atom is -0.367 e. The maximum atomic E-state index is 14.1. The number of fused-ring (bicyclic) bond motifs is 1. The van der Waals surface area contributed by atoms with Crippen molar-refractivity contribution in [1.82, 2.24) is 20.1 Å². The van der Waals surface area contributed by atoms with Crippen LogP contribution in [0.1, 0.15) is 42.5 Å². The first-order chi connectivity index (χ1) is 19.9. The number of hydrogen-bond donors (Lipinski definition) is 1. The van der Waals surface area contributed by atoms with Gasteiger partial charge in [-0.2, -0.15) is 0 Å². The molecular weight excluding hydrogens is 544 g/mol. The standard InChI is InChI=1S/C28H34N8O4S/c1-34-11-13-35(14-12-34)27-30-21(17-41-27)18-5-7-19(8-6-18)25(38)31-28(9-3-2-4-10-28)26(39)36-15-20(32-33-29)24-23(36)22(37)16-40-24/h5-8,17,20,23-24H,2-4,9-16H2,1H3,(H,31,38)/t20-,23+,24-/m0/s1. The van der Waals surface area contributed by atoms with Crippen molar-refractivity contribution < 1.29 is 19.1 Å². The Morgan fingerprint density at radius 3 is 2.59 bits per heavy atom. The van der Waals surface area contributed by atoms with Gasteiger partial charge in [-0.05, 0) is 37.6 Å². The van der Waals surface area contributed by atoms with Gasteiger partial charge in [0.25, 0.3) is 5.91 Å². The molecule has 1 aromatic heterocycles. The molecule has 4 fully saturated rings. The number of amides is 2. The summed E-state index contributed by atoms with van der Waals surface area (Å²) in [6.45, 7) is 3.92. The molecule has 13 heteroatoms. The van der Waals surface area contributed by atoms with Crippen molar-refractivity contribution in [2.45, 2.75) is 55.8 Å². The first-order valence-corrected chi connectivity index (χ1v) is 15.1. The van der Waals surface area contributed by atoms with Gasteiger partial charge in [0.05, 0.1) is 17.8 Å². The van der Waals surface area contributed by atoms with E-state index in [-0.39, 0.29) is 30.7 Å². The van der Waals surface area contributed by atoms with Crippen LogP contribution in [0.4, 0.5) is 5.13 Å². The Labute approximate surface area is 242 Å². The van der Waals surface area contributed by atoms with E-state index in [9.17, 15) is 14.4 Å². The van der Waals surface area contributed by atoms with Gasteiger partial charge in [-0.3, -0.25) is 14.4 Å². The number of carbonyl (C=O) groups excluding carboxylic acids is 3. The zero-order valence-corrected chi connectivity index (χ0v) is 23.9. The molecule has 4 heterocycles. The molecule has 3 aliphatic heterocycles. The minimum atomic E-state index is -1.13. The molecule has 3 saturated heterocycles. The van der Waals surface area contributed by atoms with Gasteiger partial charge in [-0.15, -0.1) is 11.3 Å². The number of anilines is 1. The summed E-state index contributed by atoms with van der Waals surface area (Å²) in [6, 6.07) is 5.87. The third-order valence-electron chi connectivity index (χ3n) is 8.80. The quantitative estimate of drug-likeness (QED) is 0.315. The highest BCUT2D eigenvalue weighted by molar-refractivity contribution is 7.14. The number of hydrogen-bond acceptors (Lipinski definition) is 9. The van der Waals surface area contributed by atoms with Crippen molar-refractivity contribution in [3.8, 4) is 11.3 Å². The first kappa shape index (κ1) is 27.6. The molecule has 1 N–H and O–H groups in total. The molecule has 3 atom stereocenters. The largest absolute Gasteiger partial charge is 0.367 e. The molecule has 1 aromatic carbocycles. The molecule has 0 radical (unpaired) electrons. The average molecular weight is 579 g/mol. The van der Waals surface area contributed by atoms with Crippen LogP contribution in [0, 0.1) is 0 Å². The predicted molar refractivity (Wildman–Crippen MR) is 154 cm³/mol. The second-order valence-electron chi connectivity index (χ2n) is 11.4. The Bertz CT molecular complexity index is 1360. The number of likely N-dealkylation sites (N-methyl/N-ethyl adjacent to an activating group) is 1. The molecule has 1 saturated carbocycles. The summed E-state index contributed by atoms with van der Waals surface area (Å²) in [7, 11) is 2.13.